The lowest BCUT2D eigenvalue weighted by atomic mass is 9.39. The number of aliphatic hydroxyl groups is 3. The van der Waals surface area contributed by atoms with Gasteiger partial charge in [0, 0.05) is 80.1 Å². The van der Waals surface area contributed by atoms with Crippen molar-refractivity contribution in [1.82, 2.24) is 55.2 Å². The molecule has 2 unspecified atom stereocenters. The largest absolute Gasteiger partial charge is 0.479 e. The molecule has 5 fully saturated rings. The molecule has 4 saturated carbocycles. The van der Waals surface area contributed by atoms with Crippen molar-refractivity contribution >= 4 is 102 Å². The minimum atomic E-state index is -4.67. The summed E-state index contributed by atoms with van der Waals surface area (Å²) in [5.74, 6) is -8.01. The van der Waals surface area contributed by atoms with Crippen LogP contribution in [0.25, 0.3) is 21.3 Å². The summed E-state index contributed by atoms with van der Waals surface area (Å²) in [4.78, 5) is 136. The van der Waals surface area contributed by atoms with Crippen LogP contribution in [-0.4, -0.2) is 376 Å². The smallest absolute Gasteiger partial charge is 0.410 e. The van der Waals surface area contributed by atoms with E-state index in [0.717, 1.165) is 68.3 Å². The Hall–Kier alpha value is -10.9. The van der Waals surface area contributed by atoms with Gasteiger partial charge in [-0.2, -0.15) is 13.5 Å². The van der Waals surface area contributed by atoms with Crippen LogP contribution in [0.15, 0.2) is 97.3 Å². The Morgan fingerprint density at radius 2 is 1.24 bits per heavy atom. The predicted molar refractivity (Wildman–Crippen MR) is 540 cm³/mol. The van der Waals surface area contributed by atoms with Gasteiger partial charge >= 0.3 is 18.0 Å². The van der Waals surface area contributed by atoms with Crippen LogP contribution in [0.1, 0.15) is 147 Å². The first-order valence-electron chi connectivity index (χ1n) is 50.6. The normalized spacial score (nSPS) is 21.5. The second-order valence-electron chi connectivity index (χ2n) is 39.4. The van der Waals surface area contributed by atoms with Gasteiger partial charge in [-0.1, -0.05) is 74.6 Å². The average Bonchev–Trinajstić information content (AvgIpc) is 0.950. The number of aliphatic hydroxyl groups excluding tert-OH is 3. The van der Waals surface area contributed by atoms with E-state index in [1.165, 1.54) is 47.3 Å². The number of nitrogens with zero attached hydrogens (tertiary/aromatic N) is 10. The molecular formula is C102H140N14O32S2. The van der Waals surface area contributed by atoms with Crippen LogP contribution in [0.4, 0.5) is 21.4 Å². The number of aliphatic carboxylic acids is 1. The van der Waals surface area contributed by atoms with Crippen LogP contribution in [0.3, 0.4) is 0 Å². The minimum absolute atomic E-state index is 0.0784. The van der Waals surface area contributed by atoms with E-state index < -0.39 is 143 Å². The highest BCUT2D eigenvalue weighted by Crippen LogP contribution is 2.72. The molecule has 1 saturated heterocycles. The summed E-state index contributed by atoms with van der Waals surface area (Å²) in [7, 11) is -3.05. The van der Waals surface area contributed by atoms with Crippen molar-refractivity contribution in [2.24, 2.45) is 22.2 Å². The fourth-order valence-electron chi connectivity index (χ4n) is 21.1. The van der Waals surface area contributed by atoms with Gasteiger partial charge in [0.25, 0.3) is 27.8 Å². The van der Waals surface area contributed by atoms with E-state index in [0.29, 0.717) is 211 Å². The van der Waals surface area contributed by atoms with E-state index in [4.69, 9.17) is 81.1 Å². The average molecular weight is 2140 g/mol. The SMILES string of the molecule is COCCOCCOCCOCCOCCOCCOCCOCCOCCOCCOCCOCCn1cc([C@@H](CC(=O)N[C@H](C(=O)N[C@@H](C)C(=O)Nc2ccc(COC(=O)N(CCOC34CC5(C)CC(C)(CC(Cn6ncc(-c7ccc(N8CCc9cccc(C(=O)Nc%10nc%11ccccc%11s%10)c9C8)nc7C(=O)O)c6C)(C5)C3)C4)CCS(=O)(=O)O)c(CC[C@@H]3O[C@H](C(=O)O)[C@H](O)[C@@H](O)[C@H]3O)c2)C(C)C)N2C(=O)C=CC2=O)nn1. The van der Waals surface area contributed by atoms with Crippen molar-refractivity contribution < 1.29 is 153 Å². The van der Waals surface area contributed by atoms with Crippen molar-refractivity contribution in [3.8, 4) is 11.1 Å². The molecule has 7 aliphatic rings. The zero-order valence-corrected chi connectivity index (χ0v) is 87.4. The van der Waals surface area contributed by atoms with Gasteiger partial charge in [-0.15, -0.1) is 5.10 Å². The Bertz CT molecular complexity index is 5780. The van der Waals surface area contributed by atoms with E-state index in [1.807, 2.05) is 52.9 Å². The summed E-state index contributed by atoms with van der Waals surface area (Å²) < 4.78 is 124. The number of pyridine rings is 1. The standard InChI is InChI=1S/C102H140N14O32S2/c1-66(2)86(108-83(117)54-79(116-84(118)21-22-85(116)119)78-57-114(111-110-78)26-28-135-32-33-137-36-37-139-40-41-141-44-45-143-48-49-145-51-50-144-47-46-142-43-42-140-39-38-138-35-34-136-31-30-134-7)94(125)104-67(3)92(123)105-72-17-15-71(70(53-72)16-19-80-88(120)89(121)90(122)91(148-80)96(128)129)58-146-98(130)112(27-52-150(131,132)133)25-29-147-102-62-99(5)59-100(6,63-102)61-101(60-99,64-102)65-115-68(4)75(55-103-115)73-18-20-82(107-87(73)95(126)127)113-24-23-69-11-10-12-74(76(69)56-113)93(124)109-97-106-77-13-8-9-14-81(77)149-97/h8-15,17-18,20-22,53,55,57,66-67,79-80,86,88-91,120-122H,16,19,23-52,54,56,58-65H2,1-7H3,(H,104,125)(H,105,123)(H,108,117)(H,126,127)(H,128,129)(H,106,109,124)(H,131,132,133)/t67-,79+,80-,86-,88-,89-,90+,91-,99?,100?,101?,102?/m0/s1. The number of hydrogen-bond acceptors (Lipinski definition) is 36. The molecule has 14 rings (SSSR count). The van der Waals surface area contributed by atoms with Gasteiger partial charge in [-0.05, 0) is 159 Å². The highest BCUT2D eigenvalue weighted by Gasteiger charge is 2.66. The van der Waals surface area contributed by atoms with E-state index >= 15 is 0 Å². The van der Waals surface area contributed by atoms with Gasteiger partial charge in [0.15, 0.2) is 16.9 Å². The monoisotopic (exact) mass is 2140 g/mol. The van der Waals surface area contributed by atoms with Gasteiger partial charge in [0.05, 0.1) is 218 Å². The molecule has 150 heavy (non-hydrogen) atoms. The molecule has 4 bridgehead atoms. The number of anilines is 3. The first kappa shape index (κ1) is 116. The maximum atomic E-state index is 14.5. The maximum Gasteiger partial charge on any atom is 0.410 e. The number of amides is 7. The van der Waals surface area contributed by atoms with Gasteiger partial charge in [0.1, 0.15) is 48.5 Å². The number of aromatic nitrogens is 7. The molecular weight excluding hydrogens is 2000 g/mol. The topological polar surface area (TPSA) is 580 Å². The Kier molecular flexibility index (Phi) is 43.0. The molecule has 7 heterocycles. The third kappa shape index (κ3) is 33.0. The number of methoxy groups -OCH3 is 1. The zero-order chi connectivity index (χ0) is 107. The number of benzene rings is 3. The number of imide groups is 1. The van der Waals surface area contributed by atoms with Crippen LogP contribution in [0.2, 0.25) is 0 Å². The van der Waals surface area contributed by atoms with Crippen molar-refractivity contribution in [2.75, 3.05) is 207 Å². The fraction of sp³-hybridized carbons (Fsp3) is 0.608. The zero-order valence-electron chi connectivity index (χ0n) is 85.7. The van der Waals surface area contributed by atoms with Crippen molar-refractivity contribution in [2.45, 2.75) is 186 Å². The molecule has 46 nitrogen and oxygen atoms in total. The summed E-state index contributed by atoms with van der Waals surface area (Å²) in [5, 5.41) is 78.0. The maximum absolute atomic E-state index is 14.5. The summed E-state index contributed by atoms with van der Waals surface area (Å²) in [6.07, 6.45) is -0.720. The number of ether oxygens (including phenoxy) is 15. The number of carbonyl (C=O) groups excluding carboxylic acids is 7. The van der Waals surface area contributed by atoms with Crippen molar-refractivity contribution in [3.05, 3.63) is 142 Å². The van der Waals surface area contributed by atoms with E-state index in [1.54, 1.807) is 45.4 Å². The number of rotatable bonds is 66. The van der Waals surface area contributed by atoms with Crippen molar-refractivity contribution in [3.63, 3.8) is 0 Å². The number of carboxylic acids is 2. The second kappa shape index (κ2) is 55.6. The van der Waals surface area contributed by atoms with E-state index in [-0.39, 0.29) is 97.1 Å². The lowest BCUT2D eigenvalue weighted by molar-refractivity contribution is -0.248. The first-order valence-corrected chi connectivity index (χ1v) is 53.0. The first-order chi connectivity index (χ1) is 72.0. The fourth-order valence-corrected chi connectivity index (χ4v) is 22.4. The van der Waals surface area contributed by atoms with Crippen LogP contribution in [-0.2, 0) is 149 Å². The number of para-hydroxylation sites is 1. The third-order valence-corrected chi connectivity index (χ3v) is 28.8. The number of carboxylic acid groups (broad SMARTS) is 2. The highest BCUT2D eigenvalue weighted by atomic mass is 32.2. The molecule has 7 aromatic rings. The highest BCUT2D eigenvalue weighted by molar-refractivity contribution is 7.85. The van der Waals surface area contributed by atoms with E-state index in [9.17, 15) is 81.7 Å². The molecule has 10 atom stereocenters. The molecule has 0 spiro atoms. The molecule has 822 valence electrons. The van der Waals surface area contributed by atoms with Gasteiger partial charge in [-0.3, -0.25) is 48.2 Å². The number of nitrogens with one attached hydrogen (secondary N) is 4. The Balaban J connectivity index is 0.558. The lowest BCUT2D eigenvalue weighted by Crippen LogP contribution is -2.64. The van der Waals surface area contributed by atoms with Gasteiger partial charge < -0.3 is 122 Å². The molecule has 3 aliphatic heterocycles. The number of hydrogen-bond donors (Lipinski definition) is 10. The summed E-state index contributed by atoms with van der Waals surface area (Å²) in [6, 6.07) is 17.3. The second-order valence-corrected chi connectivity index (χ2v) is 42.0. The van der Waals surface area contributed by atoms with Crippen LogP contribution in [0.5, 0.6) is 0 Å². The summed E-state index contributed by atoms with van der Waals surface area (Å²) >= 11 is 1.38. The number of fused-ring (bicyclic) bond motifs is 2. The number of thiazole rings is 1. The summed E-state index contributed by atoms with van der Waals surface area (Å²) in [5.41, 5.74) is 3.81. The molecule has 4 aromatic heterocycles. The van der Waals surface area contributed by atoms with Crippen LogP contribution >= 0.6 is 11.3 Å². The molecule has 10 N–H and O–H groups in total. The van der Waals surface area contributed by atoms with E-state index in [2.05, 4.69) is 50.4 Å². The minimum Gasteiger partial charge on any atom is -0.479 e. The Morgan fingerprint density at radius 1 is 0.640 bits per heavy atom. The molecule has 3 aromatic carbocycles. The molecule has 4 aliphatic carbocycles. The van der Waals surface area contributed by atoms with Crippen LogP contribution < -0.4 is 26.2 Å². The number of aromatic carboxylic acids is 1. The van der Waals surface area contributed by atoms with Gasteiger partial charge in [0.2, 0.25) is 17.7 Å². The molecule has 0 radical (unpaired) electrons. The van der Waals surface area contributed by atoms with Crippen LogP contribution in [0, 0.1) is 29.1 Å². The Morgan fingerprint density at radius 3 is 1.82 bits per heavy atom. The predicted octanol–water partition coefficient (Wildman–Crippen LogP) is 5.97. The number of aryl methyl sites for hydroxylation is 1. The van der Waals surface area contributed by atoms with Crippen molar-refractivity contribution in [1.29, 1.82) is 0 Å². The van der Waals surface area contributed by atoms with Gasteiger partial charge in [-0.25, -0.2) is 29.0 Å². The molecule has 7 amide bonds. The quantitative estimate of drug-likeness (QED) is 0.0119. The lowest BCUT2D eigenvalue weighted by Gasteiger charge is -2.69. The Labute approximate surface area is 873 Å². The summed E-state index contributed by atoms with van der Waals surface area (Å²) in [6.45, 7) is 20.5. The number of carbonyl (C=O) groups is 9. The third-order valence-electron chi connectivity index (χ3n) is 27.2. The molecule has 48 heteroatoms.